The maximum atomic E-state index is 10.9. The van der Waals surface area contributed by atoms with Crippen molar-refractivity contribution in [2.45, 2.75) is 60.0 Å². The van der Waals surface area contributed by atoms with E-state index in [1.54, 1.807) is 0 Å². The summed E-state index contributed by atoms with van der Waals surface area (Å²) < 4.78 is 5.75. The van der Waals surface area contributed by atoms with Crippen molar-refractivity contribution in [3.05, 3.63) is 0 Å². The Morgan fingerprint density at radius 2 is 1.76 bits per heavy atom. The van der Waals surface area contributed by atoms with Gasteiger partial charge in [0.25, 0.3) is 0 Å². The second kappa shape index (κ2) is 8.51. The molecule has 0 saturated carbocycles. The molecule has 0 aliphatic heterocycles. The van der Waals surface area contributed by atoms with Gasteiger partial charge in [-0.3, -0.25) is 4.79 Å². The largest absolute Gasteiger partial charge is 0.481 e. The van der Waals surface area contributed by atoms with Gasteiger partial charge in [0.15, 0.2) is 0 Å². The van der Waals surface area contributed by atoms with Crippen LogP contribution in [-0.2, 0) is 9.53 Å². The Bertz CT molecular complexity index is 214. The molecule has 0 aliphatic rings. The molecule has 0 aromatic heterocycles. The molecular weight excluding hydrogens is 216 g/mol. The third-order valence-corrected chi connectivity index (χ3v) is 3.67. The summed E-state index contributed by atoms with van der Waals surface area (Å²) in [7, 11) is 0. The average molecular weight is 244 g/mol. The summed E-state index contributed by atoms with van der Waals surface area (Å²) in [6, 6.07) is 0. The number of hydrogen-bond acceptors (Lipinski definition) is 2. The minimum Gasteiger partial charge on any atom is -0.481 e. The lowest BCUT2D eigenvalue weighted by atomic mass is 9.82. The molecule has 0 saturated heterocycles. The maximum Gasteiger partial charge on any atom is 0.305 e. The molecule has 0 radical (unpaired) electrons. The highest BCUT2D eigenvalue weighted by molar-refractivity contribution is 5.67. The number of unbranched alkanes of at least 4 members (excludes halogenated alkanes) is 1. The van der Waals surface area contributed by atoms with Gasteiger partial charge in [0, 0.05) is 6.61 Å². The van der Waals surface area contributed by atoms with Crippen LogP contribution in [-0.4, -0.2) is 23.8 Å². The summed E-state index contributed by atoms with van der Waals surface area (Å²) >= 11 is 0. The van der Waals surface area contributed by atoms with Crippen molar-refractivity contribution in [3.63, 3.8) is 0 Å². The minimum absolute atomic E-state index is 0.113. The van der Waals surface area contributed by atoms with Gasteiger partial charge in [0.2, 0.25) is 0 Å². The molecule has 0 aromatic carbocycles. The van der Waals surface area contributed by atoms with Gasteiger partial charge in [-0.2, -0.15) is 0 Å². The Morgan fingerprint density at radius 1 is 1.18 bits per heavy atom. The van der Waals surface area contributed by atoms with Gasteiger partial charge in [-0.1, -0.05) is 41.0 Å². The van der Waals surface area contributed by atoms with Crippen LogP contribution in [0, 0.1) is 17.8 Å². The summed E-state index contributed by atoms with van der Waals surface area (Å²) in [4.78, 5) is 10.9. The minimum atomic E-state index is -0.769. The van der Waals surface area contributed by atoms with Crippen LogP contribution in [0.4, 0.5) is 0 Å². The first kappa shape index (κ1) is 16.4. The van der Waals surface area contributed by atoms with Crippen molar-refractivity contribution in [1.82, 2.24) is 0 Å². The van der Waals surface area contributed by atoms with Crippen molar-refractivity contribution in [3.8, 4) is 0 Å². The zero-order chi connectivity index (χ0) is 13.4. The van der Waals surface area contributed by atoms with Crippen molar-refractivity contribution in [2.24, 2.45) is 17.8 Å². The van der Waals surface area contributed by atoms with Crippen LogP contribution in [0.5, 0.6) is 0 Å². The fraction of sp³-hybridized carbons (Fsp3) is 0.929. The third-order valence-electron chi connectivity index (χ3n) is 3.67. The van der Waals surface area contributed by atoms with Crippen LogP contribution < -0.4 is 0 Å². The van der Waals surface area contributed by atoms with Crippen LogP contribution in [0.2, 0.25) is 0 Å². The summed E-state index contributed by atoms with van der Waals surface area (Å²) in [5.41, 5.74) is 0. The lowest BCUT2D eigenvalue weighted by Crippen LogP contribution is -2.31. The number of carboxylic acids is 1. The molecule has 1 N–H and O–H groups in total. The van der Waals surface area contributed by atoms with E-state index in [9.17, 15) is 4.79 Å². The Balaban J connectivity index is 4.38. The van der Waals surface area contributed by atoms with Crippen molar-refractivity contribution in [1.29, 1.82) is 0 Å². The predicted octanol–water partition coefficient (Wildman–Crippen LogP) is 3.57. The van der Waals surface area contributed by atoms with Crippen LogP contribution in [0.25, 0.3) is 0 Å². The first-order valence-corrected chi connectivity index (χ1v) is 6.73. The molecule has 0 spiro atoms. The van der Waals surface area contributed by atoms with Crippen LogP contribution in [0.15, 0.2) is 0 Å². The number of hydrogen-bond donors (Lipinski definition) is 1. The van der Waals surface area contributed by atoms with E-state index >= 15 is 0 Å². The fourth-order valence-electron chi connectivity index (χ4n) is 1.89. The lowest BCUT2D eigenvalue weighted by molar-refractivity contribution is -0.142. The zero-order valence-corrected chi connectivity index (χ0v) is 11.9. The van der Waals surface area contributed by atoms with E-state index in [1.165, 1.54) is 0 Å². The van der Waals surface area contributed by atoms with E-state index in [-0.39, 0.29) is 18.4 Å². The van der Waals surface area contributed by atoms with E-state index in [1.807, 2.05) is 0 Å². The molecule has 2 unspecified atom stereocenters. The van der Waals surface area contributed by atoms with Gasteiger partial charge in [-0.05, 0) is 24.2 Å². The van der Waals surface area contributed by atoms with E-state index in [4.69, 9.17) is 9.84 Å². The second-order valence-corrected chi connectivity index (χ2v) is 5.32. The number of carbonyl (C=O) groups is 1. The van der Waals surface area contributed by atoms with E-state index in [0.717, 1.165) is 12.8 Å². The molecule has 3 atom stereocenters. The molecule has 0 fully saturated rings. The van der Waals surface area contributed by atoms with Gasteiger partial charge in [-0.25, -0.2) is 0 Å². The molecule has 17 heavy (non-hydrogen) atoms. The average Bonchev–Trinajstić information content (AvgIpc) is 2.25. The summed E-state index contributed by atoms with van der Waals surface area (Å²) in [6.07, 6.45) is 2.03. The molecule has 3 heteroatoms. The molecule has 0 bridgehead atoms. The van der Waals surface area contributed by atoms with Crippen LogP contribution in [0.1, 0.15) is 53.9 Å². The van der Waals surface area contributed by atoms with Gasteiger partial charge in [-0.15, -0.1) is 0 Å². The number of rotatable bonds is 9. The fourth-order valence-corrected chi connectivity index (χ4v) is 1.89. The Morgan fingerprint density at radius 3 is 2.18 bits per heavy atom. The van der Waals surface area contributed by atoms with Crippen LogP contribution in [0.3, 0.4) is 0 Å². The lowest BCUT2D eigenvalue weighted by Gasteiger charge is -2.30. The van der Waals surface area contributed by atoms with Gasteiger partial charge in [0.05, 0.1) is 12.5 Å². The van der Waals surface area contributed by atoms with E-state index in [0.29, 0.717) is 18.4 Å². The molecule has 0 rings (SSSR count). The third kappa shape index (κ3) is 6.67. The molecule has 102 valence electrons. The van der Waals surface area contributed by atoms with Gasteiger partial charge in [0.1, 0.15) is 0 Å². The normalized spacial score (nSPS) is 16.8. The monoisotopic (exact) mass is 244 g/mol. The Labute approximate surface area is 106 Å². The molecule has 0 aromatic rings. The first-order valence-electron chi connectivity index (χ1n) is 6.73. The summed E-state index contributed by atoms with van der Waals surface area (Å²) in [5.74, 6) is 0.536. The smallest absolute Gasteiger partial charge is 0.305 e. The van der Waals surface area contributed by atoms with Gasteiger partial charge >= 0.3 is 5.97 Å². The van der Waals surface area contributed by atoms with Gasteiger partial charge < -0.3 is 9.84 Å². The van der Waals surface area contributed by atoms with Crippen molar-refractivity contribution < 1.29 is 14.6 Å². The maximum absolute atomic E-state index is 10.9. The summed E-state index contributed by atoms with van der Waals surface area (Å²) in [6.45, 7) is 11.4. The van der Waals surface area contributed by atoms with E-state index < -0.39 is 5.97 Å². The Kier molecular flexibility index (Phi) is 8.23. The molecule has 0 heterocycles. The second-order valence-electron chi connectivity index (χ2n) is 5.32. The summed E-state index contributed by atoms with van der Waals surface area (Å²) in [5, 5.41) is 8.93. The topological polar surface area (TPSA) is 46.5 Å². The highest BCUT2D eigenvalue weighted by atomic mass is 16.5. The Hall–Kier alpha value is -0.570. The highest BCUT2D eigenvalue weighted by Crippen LogP contribution is 2.26. The quantitative estimate of drug-likeness (QED) is 0.631. The highest BCUT2D eigenvalue weighted by Gasteiger charge is 2.27. The standard InChI is InChI=1S/C14H28O3/c1-6-7-8-17-13(9-14(15)16)12(5)11(4)10(2)3/h10-13H,6-9H2,1-5H3,(H,15,16)/t11?,12?,13-/m0/s1. The SMILES string of the molecule is CCCCO[C@@H](CC(=O)O)C(C)C(C)C(C)C. The molecule has 0 amide bonds. The zero-order valence-electron chi connectivity index (χ0n) is 11.9. The van der Waals surface area contributed by atoms with Crippen molar-refractivity contribution >= 4 is 5.97 Å². The van der Waals surface area contributed by atoms with Crippen molar-refractivity contribution in [2.75, 3.05) is 6.61 Å². The number of carboxylic acid groups (broad SMARTS) is 1. The van der Waals surface area contributed by atoms with E-state index in [2.05, 4.69) is 34.6 Å². The predicted molar refractivity (Wildman–Crippen MR) is 70.1 cm³/mol. The molecule has 0 aliphatic carbocycles. The number of ether oxygens (including phenoxy) is 1. The van der Waals surface area contributed by atoms with Crippen LogP contribution >= 0.6 is 0 Å². The molecule has 3 nitrogen and oxygen atoms in total. The first-order chi connectivity index (χ1) is 7.90. The number of aliphatic carboxylic acids is 1. The molecular formula is C14H28O3.